The first-order valence-electron chi connectivity index (χ1n) is 7.27. The van der Waals surface area contributed by atoms with Gasteiger partial charge in [-0.2, -0.15) is 0 Å². The van der Waals surface area contributed by atoms with Crippen LogP contribution in [0.15, 0.2) is 11.1 Å². The Morgan fingerprint density at radius 1 is 1.45 bits per heavy atom. The molecule has 1 amide bonds. The second-order valence-electron chi connectivity index (χ2n) is 5.85. The predicted octanol–water partition coefficient (Wildman–Crippen LogP) is 1.55. The maximum atomic E-state index is 12.9. The molecule has 1 saturated heterocycles. The van der Waals surface area contributed by atoms with Crippen molar-refractivity contribution in [3.8, 4) is 0 Å². The predicted molar refractivity (Wildman–Crippen MR) is 85.5 cm³/mol. The van der Waals surface area contributed by atoms with E-state index in [-0.39, 0.29) is 23.6 Å². The van der Waals surface area contributed by atoms with E-state index in [9.17, 15) is 9.59 Å². The number of ether oxygens (including phenoxy) is 1. The molecule has 7 heteroatoms. The van der Waals surface area contributed by atoms with Crippen LogP contribution in [0, 0.1) is 6.92 Å². The Labute approximate surface area is 132 Å². The molecular formula is C15H19N3O3S. The molecule has 2 unspecified atom stereocenters. The van der Waals surface area contributed by atoms with Crippen LogP contribution < -0.4 is 5.56 Å². The molecule has 3 rings (SSSR count). The lowest BCUT2D eigenvalue weighted by molar-refractivity contribution is -0.0385. The summed E-state index contributed by atoms with van der Waals surface area (Å²) < 4.78 is 7.01. The number of hydrogen-bond acceptors (Lipinski definition) is 5. The summed E-state index contributed by atoms with van der Waals surface area (Å²) in [5, 5.41) is 0.548. The van der Waals surface area contributed by atoms with Crippen LogP contribution in [0.25, 0.3) is 10.2 Å². The zero-order valence-corrected chi connectivity index (χ0v) is 13.9. The minimum atomic E-state index is -0.110. The van der Waals surface area contributed by atoms with E-state index in [1.165, 1.54) is 22.2 Å². The lowest BCUT2D eigenvalue weighted by Gasteiger charge is -2.36. The second-order valence-corrected chi connectivity index (χ2v) is 6.85. The van der Waals surface area contributed by atoms with Crippen molar-refractivity contribution in [2.24, 2.45) is 7.05 Å². The summed E-state index contributed by atoms with van der Waals surface area (Å²) in [6.45, 7) is 6.87. The third-order valence-electron chi connectivity index (χ3n) is 4.07. The summed E-state index contributed by atoms with van der Waals surface area (Å²) in [6, 6.07) is 0.0316. The Morgan fingerprint density at radius 3 is 2.91 bits per heavy atom. The van der Waals surface area contributed by atoms with Crippen LogP contribution in [0.2, 0.25) is 0 Å². The van der Waals surface area contributed by atoms with E-state index in [0.29, 0.717) is 28.2 Å². The van der Waals surface area contributed by atoms with E-state index in [4.69, 9.17) is 4.74 Å². The van der Waals surface area contributed by atoms with Crippen molar-refractivity contribution in [2.75, 3.05) is 13.2 Å². The first-order chi connectivity index (χ1) is 10.4. The molecule has 2 aromatic rings. The van der Waals surface area contributed by atoms with Crippen LogP contribution in [-0.4, -0.2) is 45.7 Å². The van der Waals surface area contributed by atoms with Crippen LogP contribution in [0.5, 0.6) is 0 Å². The summed E-state index contributed by atoms with van der Waals surface area (Å²) in [5.41, 5.74) is 0.617. The van der Waals surface area contributed by atoms with E-state index in [1.54, 1.807) is 7.05 Å². The highest BCUT2D eigenvalue weighted by Gasteiger charge is 2.31. The first kappa shape index (κ1) is 15.2. The zero-order chi connectivity index (χ0) is 16.0. The Morgan fingerprint density at radius 2 is 2.18 bits per heavy atom. The normalized spacial score (nSPS) is 22.3. The monoisotopic (exact) mass is 321 g/mol. The first-order valence-corrected chi connectivity index (χ1v) is 8.09. The van der Waals surface area contributed by atoms with Gasteiger partial charge in [0.05, 0.1) is 35.3 Å². The van der Waals surface area contributed by atoms with Crippen molar-refractivity contribution < 1.29 is 9.53 Å². The van der Waals surface area contributed by atoms with Gasteiger partial charge in [0, 0.05) is 13.6 Å². The third-order valence-corrected chi connectivity index (χ3v) is 5.26. The van der Waals surface area contributed by atoms with E-state index in [2.05, 4.69) is 4.98 Å². The number of rotatable bonds is 1. The van der Waals surface area contributed by atoms with Gasteiger partial charge in [0.15, 0.2) is 0 Å². The van der Waals surface area contributed by atoms with Crippen molar-refractivity contribution >= 4 is 27.5 Å². The molecule has 6 nitrogen and oxygen atoms in total. The largest absolute Gasteiger partial charge is 0.375 e. The number of amides is 1. The van der Waals surface area contributed by atoms with Crippen LogP contribution >= 0.6 is 11.3 Å². The van der Waals surface area contributed by atoms with Gasteiger partial charge < -0.3 is 14.2 Å². The van der Waals surface area contributed by atoms with Crippen molar-refractivity contribution in [2.45, 2.75) is 32.9 Å². The summed E-state index contributed by atoms with van der Waals surface area (Å²) in [4.78, 5) is 32.5. The fraction of sp³-hybridized carbons (Fsp3) is 0.533. The topological polar surface area (TPSA) is 64.4 Å². The molecule has 3 heterocycles. The van der Waals surface area contributed by atoms with Crippen LogP contribution in [0.4, 0.5) is 0 Å². The molecule has 2 atom stereocenters. The highest BCUT2D eigenvalue weighted by molar-refractivity contribution is 7.20. The van der Waals surface area contributed by atoms with Gasteiger partial charge >= 0.3 is 0 Å². The molecule has 0 aliphatic carbocycles. The maximum absolute atomic E-state index is 12.9. The minimum Gasteiger partial charge on any atom is -0.375 e. The fourth-order valence-corrected chi connectivity index (χ4v) is 3.82. The van der Waals surface area contributed by atoms with Gasteiger partial charge in [-0.25, -0.2) is 4.98 Å². The number of aromatic nitrogens is 2. The molecule has 1 fully saturated rings. The number of fused-ring (bicyclic) bond motifs is 1. The van der Waals surface area contributed by atoms with E-state index in [1.807, 2.05) is 25.7 Å². The van der Waals surface area contributed by atoms with Crippen LogP contribution in [-0.2, 0) is 11.8 Å². The van der Waals surface area contributed by atoms with Crippen molar-refractivity contribution in [3.63, 3.8) is 0 Å². The average Bonchev–Trinajstić information content (AvgIpc) is 2.82. The SMILES string of the molecule is Cc1c(C(=O)N2CC(C)OCC2C)sc2ncn(C)c(=O)c12. The Kier molecular flexibility index (Phi) is 3.78. The van der Waals surface area contributed by atoms with Gasteiger partial charge in [0.1, 0.15) is 4.83 Å². The molecule has 0 saturated carbocycles. The number of morpholine rings is 1. The van der Waals surface area contributed by atoms with Gasteiger partial charge in [-0.1, -0.05) is 0 Å². The Balaban J connectivity index is 2.06. The standard InChI is InChI=1S/C15H19N3O3S/c1-8-6-21-9(2)5-18(8)15(20)12-10(3)11-13(22-12)16-7-17(4)14(11)19/h7-9H,5-6H2,1-4H3. The third kappa shape index (κ3) is 2.34. The van der Waals surface area contributed by atoms with Crippen LogP contribution in [0.3, 0.4) is 0 Å². The van der Waals surface area contributed by atoms with Gasteiger partial charge in [0.25, 0.3) is 11.5 Å². The number of carbonyl (C=O) groups excluding carboxylic acids is 1. The van der Waals surface area contributed by atoms with Gasteiger partial charge in [-0.15, -0.1) is 11.3 Å². The molecular weight excluding hydrogens is 302 g/mol. The average molecular weight is 321 g/mol. The zero-order valence-electron chi connectivity index (χ0n) is 13.1. The highest BCUT2D eigenvalue weighted by Crippen LogP contribution is 2.29. The van der Waals surface area contributed by atoms with Gasteiger partial charge in [-0.3, -0.25) is 9.59 Å². The van der Waals surface area contributed by atoms with Crippen molar-refractivity contribution in [1.82, 2.24) is 14.5 Å². The highest BCUT2D eigenvalue weighted by atomic mass is 32.1. The summed E-state index contributed by atoms with van der Waals surface area (Å²) >= 11 is 1.30. The number of nitrogens with zero attached hydrogens (tertiary/aromatic N) is 3. The molecule has 0 radical (unpaired) electrons. The molecule has 2 aromatic heterocycles. The van der Waals surface area contributed by atoms with E-state index in [0.717, 1.165) is 5.56 Å². The fourth-order valence-electron chi connectivity index (χ4n) is 2.73. The van der Waals surface area contributed by atoms with E-state index >= 15 is 0 Å². The molecule has 0 aromatic carbocycles. The molecule has 22 heavy (non-hydrogen) atoms. The summed E-state index contributed by atoms with van der Waals surface area (Å²) in [5.74, 6) is -0.0368. The van der Waals surface area contributed by atoms with Gasteiger partial charge in [0.2, 0.25) is 0 Å². The Hall–Kier alpha value is -1.73. The molecule has 0 spiro atoms. The smallest absolute Gasteiger partial charge is 0.264 e. The lowest BCUT2D eigenvalue weighted by Crippen LogP contribution is -2.50. The summed E-state index contributed by atoms with van der Waals surface area (Å²) in [6.07, 6.45) is 1.52. The summed E-state index contributed by atoms with van der Waals surface area (Å²) in [7, 11) is 1.67. The second kappa shape index (κ2) is 5.48. The molecule has 0 bridgehead atoms. The number of thiophene rings is 1. The number of aryl methyl sites for hydroxylation is 2. The number of carbonyl (C=O) groups is 1. The maximum Gasteiger partial charge on any atom is 0.264 e. The number of hydrogen-bond donors (Lipinski definition) is 0. The Bertz CT molecular complexity index is 795. The van der Waals surface area contributed by atoms with Crippen molar-refractivity contribution in [3.05, 3.63) is 27.1 Å². The van der Waals surface area contributed by atoms with Gasteiger partial charge in [-0.05, 0) is 26.3 Å². The molecule has 1 aliphatic rings. The molecule has 1 aliphatic heterocycles. The van der Waals surface area contributed by atoms with Crippen molar-refractivity contribution in [1.29, 1.82) is 0 Å². The van der Waals surface area contributed by atoms with Crippen LogP contribution in [0.1, 0.15) is 29.1 Å². The molecule has 0 N–H and O–H groups in total. The lowest BCUT2D eigenvalue weighted by atomic mass is 10.1. The molecule has 118 valence electrons. The minimum absolute atomic E-state index is 0.0285. The van der Waals surface area contributed by atoms with E-state index < -0.39 is 0 Å². The quantitative estimate of drug-likeness (QED) is 0.799.